The van der Waals surface area contributed by atoms with E-state index in [0.717, 1.165) is 38.5 Å². The van der Waals surface area contributed by atoms with Gasteiger partial charge in [0.25, 0.3) is 0 Å². The zero-order valence-corrected chi connectivity index (χ0v) is 23.1. The molecular weight excluding hydrogens is 476 g/mol. The second-order valence-corrected chi connectivity index (χ2v) is 12.8. The van der Waals surface area contributed by atoms with E-state index < -0.39 is 5.60 Å². The fourth-order valence-corrected chi connectivity index (χ4v) is 9.51. The van der Waals surface area contributed by atoms with Crippen molar-refractivity contribution in [2.45, 2.75) is 109 Å². The lowest BCUT2D eigenvalue weighted by atomic mass is 9.50. The molecule has 0 aromatic rings. The number of carbonyl (C=O) groups is 4. The van der Waals surface area contributed by atoms with Crippen LogP contribution in [0.25, 0.3) is 0 Å². The summed E-state index contributed by atoms with van der Waals surface area (Å²) in [5, 5.41) is 0.383. The fraction of sp³-hybridized carbons (Fsp3) is 0.793. The van der Waals surface area contributed by atoms with Gasteiger partial charge < -0.3 is 9.47 Å². The summed E-state index contributed by atoms with van der Waals surface area (Å²) in [5.74, 6) is 1.40. The van der Waals surface area contributed by atoms with Gasteiger partial charge in [-0.3, -0.25) is 19.2 Å². The molecule has 4 rings (SSSR count). The third-order valence-corrected chi connectivity index (χ3v) is 11.1. The third kappa shape index (κ3) is 5.06. The molecule has 200 valence electrons. The molecule has 0 saturated heterocycles. The van der Waals surface area contributed by atoms with Crippen molar-refractivity contribution in [2.24, 2.45) is 29.1 Å². The van der Waals surface area contributed by atoms with E-state index in [0.29, 0.717) is 62.4 Å². The lowest BCUT2D eigenvalue weighted by Gasteiger charge is -2.58. The Bertz CT molecular complexity index is 927. The van der Waals surface area contributed by atoms with Crippen LogP contribution in [-0.2, 0) is 28.7 Å². The Morgan fingerprint density at radius 2 is 1.89 bits per heavy atom. The molecule has 0 unspecified atom stereocenters. The maximum absolute atomic E-state index is 12.6. The van der Waals surface area contributed by atoms with E-state index in [1.165, 1.54) is 24.3 Å². The summed E-state index contributed by atoms with van der Waals surface area (Å²) >= 11 is 1.50. The molecule has 7 atom stereocenters. The summed E-state index contributed by atoms with van der Waals surface area (Å²) in [6.07, 6.45) is 10.2. The number of rotatable bonds is 8. The summed E-state index contributed by atoms with van der Waals surface area (Å²) in [7, 11) is 0. The summed E-state index contributed by atoms with van der Waals surface area (Å²) in [6, 6.07) is 0. The Kier molecular flexibility index (Phi) is 8.38. The monoisotopic (exact) mass is 518 g/mol. The molecule has 0 aliphatic heterocycles. The average Bonchev–Trinajstić information content (AvgIpc) is 3.12. The molecule has 6 nitrogen and oxygen atoms in total. The maximum atomic E-state index is 12.6. The first-order valence-corrected chi connectivity index (χ1v) is 14.8. The van der Waals surface area contributed by atoms with Crippen molar-refractivity contribution in [3.63, 3.8) is 0 Å². The largest absolute Gasteiger partial charge is 0.466 e. The third-order valence-electron chi connectivity index (χ3n) is 9.77. The number of fused-ring (bicyclic) bond motifs is 5. The number of esters is 2. The first-order chi connectivity index (χ1) is 17.1. The Hall–Kier alpha value is -1.63. The fourth-order valence-electron chi connectivity index (χ4n) is 8.18. The van der Waals surface area contributed by atoms with Crippen molar-refractivity contribution in [1.29, 1.82) is 0 Å². The summed E-state index contributed by atoms with van der Waals surface area (Å²) < 4.78 is 11.6. The van der Waals surface area contributed by atoms with E-state index in [-0.39, 0.29) is 33.5 Å². The minimum atomic E-state index is -0.574. The Morgan fingerprint density at radius 1 is 1.11 bits per heavy atom. The summed E-state index contributed by atoms with van der Waals surface area (Å²) in [6.45, 7) is 7.85. The van der Waals surface area contributed by atoms with Crippen LogP contribution in [0.5, 0.6) is 0 Å². The van der Waals surface area contributed by atoms with Crippen molar-refractivity contribution in [1.82, 2.24) is 0 Å². The topological polar surface area (TPSA) is 86.7 Å². The van der Waals surface area contributed by atoms with Gasteiger partial charge in [-0.05, 0) is 81.1 Å². The SMILES string of the molecule is CCC(=O)OCCC[C@]1(OC(C)=O)CC[C@H]2[C@H]3[C@H](CC[C@@]21C)[C@H]1CCC(=O)C=C1C[C@H]3SC(=O)CC. The van der Waals surface area contributed by atoms with Crippen LogP contribution in [0, 0.1) is 29.1 Å². The minimum absolute atomic E-state index is 0.166. The van der Waals surface area contributed by atoms with Gasteiger partial charge in [-0.2, -0.15) is 0 Å². The van der Waals surface area contributed by atoms with Gasteiger partial charge in [-0.15, -0.1) is 0 Å². The molecule has 4 aliphatic rings. The van der Waals surface area contributed by atoms with E-state index in [2.05, 4.69) is 6.92 Å². The molecule has 0 heterocycles. The second-order valence-electron chi connectivity index (χ2n) is 11.5. The molecular formula is C29H42O6S. The molecule has 0 aromatic carbocycles. The number of allylic oxidation sites excluding steroid dienone is 1. The van der Waals surface area contributed by atoms with Crippen molar-refractivity contribution in [2.75, 3.05) is 6.61 Å². The van der Waals surface area contributed by atoms with Gasteiger partial charge in [-0.25, -0.2) is 0 Å². The molecule has 0 bridgehead atoms. The van der Waals surface area contributed by atoms with Crippen LogP contribution in [0.1, 0.15) is 98.3 Å². The van der Waals surface area contributed by atoms with Crippen LogP contribution in [0.2, 0.25) is 0 Å². The number of thioether (sulfide) groups is 1. The van der Waals surface area contributed by atoms with E-state index in [1.807, 2.05) is 13.0 Å². The number of ether oxygens (including phenoxy) is 2. The van der Waals surface area contributed by atoms with Gasteiger partial charge in [0, 0.05) is 36.9 Å². The smallest absolute Gasteiger partial charge is 0.305 e. The molecule has 3 saturated carbocycles. The van der Waals surface area contributed by atoms with Gasteiger partial charge >= 0.3 is 11.9 Å². The Morgan fingerprint density at radius 3 is 2.58 bits per heavy atom. The van der Waals surface area contributed by atoms with Crippen LogP contribution >= 0.6 is 11.8 Å². The molecule has 0 radical (unpaired) electrons. The number of ketones is 1. The van der Waals surface area contributed by atoms with Crippen LogP contribution in [0.15, 0.2) is 11.6 Å². The Labute approximate surface area is 219 Å². The highest BCUT2D eigenvalue weighted by Gasteiger charge is 2.65. The average molecular weight is 519 g/mol. The van der Waals surface area contributed by atoms with Crippen molar-refractivity contribution < 1.29 is 28.7 Å². The molecule has 0 spiro atoms. The Balaban J connectivity index is 1.63. The first-order valence-electron chi connectivity index (χ1n) is 13.9. The van der Waals surface area contributed by atoms with Crippen LogP contribution in [0.4, 0.5) is 0 Å². The number of hydrogen-bond donors (Lipinski definition) is 0. The van der Waals surface area contributed by atoms with Gasteiger partial charge in [0.05, 0.1) is 6.61 Å². The number of hydrogen-bond acceptors (Lipinski definition) is 7. The highest BCUT2D eigenvalue weighted by Crippen LogP contribution is 2.67. The van der Waals surface area contributed by atoms with Crippen molar-refractivity contribution in [3.8, 4) is 0 Å². The molecule has 7 heteroatoms. The van der Waals surface area contributed by atoms with E-state index >= 15 is 0 Å². The van der Waals surface area contributed by atoms with Crippen molar-refractivity contribution in [3.05, 3.63) is 11.6 Å². The summed E-state index contributed by atoms with van der Waals surface area (Å²) in [5.41, 5.74) is 0.504. The van der Waals surface area contributed by atoms with Crippen LogP contribution < -0.4 is 0 Å². The standard InChI is InChI=1S/C29H42O6S/c1-5-25(32)34-15-7-12-29(35-18(3)30)14-11-23-27-22(10-13-28(23,29)4)21-9-8-20(31)16-19(21)17-24(27)36-26(33)6-2/h16,21-24,27H,5-15,17H2,1-4H3/t21-,22+,23-,24+,27+,28-,29-/m0/s1. The molecule has 0 aromatic heterocycles. The molecule has 36 heavy (non-hydrogen) atoms. The lowest BCUT2D eigenvalue weighted by molar-refractivity contribution is -0.183. The summed E-state index contributed by atoms with van der Waals surface area (Å²) in [4.78, 5) is 48.9. The highest BCUT2D eigenvalue weighted by atomic mass is 32.2. The van der Waals surface area contributed by atoms with E-state index in [1.54, 1.807) is 6.92 Å². The zero-order chi connectivity index (χ0) is 26.1. The van der Waals surface area contributed by atoms with E-state index in [9.17, 15) is 19.2 Å². The van der Waals surface area contributed by atoms with E-state index in [4.69, 9.17) is 9.47 Å². The van der Waals surface area contributed by atoms with Gasteiger partial charge in [0.2, 0.25) is 0 Å². The molecule has 0 amide bonds. The normalized spacial score (nSPS) is 37.3. The quantitative estimate of drug-likeness (QED) is 0.296. The maximum Gasteiger partial charge on any atom is 0.305 e. The van der Waals surface area contributed by atoms with Gasteiger partial charge in [0.1, 0.15) is 5.60 Å². The first kappa shape index (κ1) is 27.4. The predicted molar refractivity (Wildman–Crippen MR) is 139 cm³/mol. The van der Waals surface area contributed by atoms with Crippen LogP contribution in [0.3, 0.4) is 0 Å². The van der Waals surface area contributed by atoms with Crippen LogP contribution in [-0.4, -0.2) is 40.3 Å². The zero-order valence-electron chi connectivity index (χ0n) is 22.3. The van der Waals surface area contributed by atoms with Gasteiger partial charge in [0.15, 0.2) is 10.9 Å². The van der Waals surface area contributed by atoms with Gasteiger partial charge in [-0.1, -0.05) is 38.1 Å². The molecule has 0 N–H and O–H groups in total. The minimum Gasteiger partial charge on any atom is -0.466 e. The number of carbonyl (C=O) groups excluding carboxylic acids is 4. The lowest BCUT2D eigenvalue weighted by Crippen LogP contribution is -2.56. The molecule has 4 aliphatic carbocycles. The highest BCUT2D eigenvalue weighted by molar-refractivity contribution is 8.14. The van der Waals surface area contributed by atoms with Crippen molar-refractivity contribution >= 4 is 34.6 Å². The second kappa shape index (κ2) is 11.0. The molecule has 3 fully saturated rings. The predicted octanol–water partition coefficient (Wildman–Crippen LogP) is 5.81.